The molecule has 2 aromatic rings. The normalized spacial score (nSPS) is 28.6. The average Bonchev–Trinajstić information content (AvgIpc) is 3.62. The second-order valence-electron chi connectivity index (χ2n) is 14.8. The fourth-order valence-electron chi connectivity index (χ4n) is 8.65. The highest BCUT2D eigenvalue weighted by Gasteiger charge is 2.49. The minimum absolute atomic E-state index is 0.0150. The van der Waals surface area contributed by atoms with Crippen LogP contribution in [0.15, 0.2) is 53.5 Å². The van der Waals surface area contributed by atoms with E-state index in [0.29, 0.717) is 12.1 Å². The molecule has 2 N–H and O–H groups in total. The quantitative estimate of drug-likeness (QED) is 0.472. The van der Waals surface area contributed by atoms with E-state index < -0.39 is 0 Å². The number of likely N-dealkylation sites (tertiary alicyclic amines) is 2. The molecule has 246 valence electrons. The zero-order valence-corrected chi connectivity index (χ0v) is 28.0. The molecule has 0 radical (unpaired) electrons. The first kappa shape index (κ1) is 31.2. The molecule has 0 bridgehead atoms. The fourth-order valence-corrected chi connectivity index (χ4v) is 8.65. The Labute approximate surface area is 274 Å². The molecule has 1 aliphatic carbocycles. The number of carbonyl (C=O) groups is 2. The van der Waals surface area contributed by atoms with E-state index in [9.17, 15) is 9.59 Å². The van der Waals surface area contributed by atoms with Gasteiger partial charge in [-0.1, -0.05) is 44.2 Å². The fraction of sp³-hybridized carbons (Fsp3) is 0.595. The van der Waals surface area contributed by atoms with Gasteiger partial charge in [0.2, 0.25) is 11.8 Å². The molecule has 9 heteroatoms. The van der Waals surface area contributed by atoms with Gasteiger partial charge in [0, 0.05) is 55.9 Å². The number of rotatable bonds is 7. The van der Waals surface area contributed by atoms with Crippen LogP contribution in [0.4, 0.5) is 11.4 Å². The summed E-state index contributed by atoms with van der Waals surface area (Å²) in [5, 5.41) is 7.06. The molecule has 1 saturated carbocycles. The van der Waals surface area contributed by atoms with Crippen LogP contribution in [0, 0.1) is 11.8 Å². The molecule has 7 rings (SSSR count). The lowest BCUT2D eigenvalue weighted by molar-refractivity contribution is -0.139. The minimum atomic E-state index is -0.298. The number of nitrogens with one attached hydrogen (secondary N) is 2. The standard InChI is InChI=1S/C37H51N7O2/c1-24(2)34-36(45)40-31-12-11-27(38-28-14-19-43(23-28)22-25-8-6-5-7-9-25)21-30(31)35-39-32-20-26(10-13-33(32)44(34)35)37(46)42(4)29-15-17-41(3)18-16-29/h5-9,11-12,21,24,26,28-29,32-34,38H,10,13-20,22-23H2,1-4H3,(H,40,45). The predicted molar refractivity (Wildman–Crippen MR) is 184 cm³/mol. The molecule has 0 aromatic heterocycles. The molecule has 2 saturated heterocycles. The van der Waals surface area contributed by atoms with E-state index in [1.165, 1.54) is 5.56 Å². The van der Waals surface area contributed by atoms with Gasteiger partial charge in [-0.3, -0.25) is 19.5 Å². The number of amides is 2. The van der Waals surface area contributed by atoms with Gasteiger partial charge in [0.1, 0.15) is 11.9 Å². The van der Waals surface area contributed by atoms with Gasteiger partial charge < -0.3 is 25.3 Å². The van der Waals surface area contributed by atoms with E-state index in [1.54, 1.807) is 0 Å². The Hall–Kier alpha value is -3.43. The van der Waals surface area contributed by atoms with Crippen molar-refractivity contribution in [1.29, 1.82) is 0 Å². The van der Waals surface area contributed by atoms with Crippen LogP contribution in [0.2, 0.25) is 0 Å². The summed E-state index contributed by atoms with van der Waals surface area (Å²) in [6, 6.07) is 17.5. The van der Waals surface area contributed by atoms with Crippen molar-refractivity contribution < 1.29 is 9.59 Å². The molecule has 5 atom stereocenters. The highest BCUT2D eigenvalue weighted by atomic mass is 16.2. The summed E-state index contributed by atoms with van der Waals surface area (Å²) in [6.07, 6.45) is 5.64. The molecule has 0 spiro atoms. The van der Waals surface area contributed by atoms with Gasteiger partial charge in [-0.25, -0.2) is 0 Å². The smallest absolute Gasteiger partial charge is 0.247 e. The summed E-state index contributed by atoms with van der Waals surface area (Å²) in [5.41, 5.74) is 4.23. The van der Waals surface area contributed by atoms with Gasteiger partial charge in [-0.15, -0.1) is 0 Å². The van der Waals surface area contributed by atoms with Gasteiger partial charge in [-0.2, -0.15) is 0 Å². The Balaban J connectivity index is 1.10. The van der Waals surface area contributed by atoms with Crippen LogP contribution in [0.25, 0.3) is 0 Å². The molecule has 3 fully saturated rings. The summed E-state index contributed by atoms with van der Waals surface area (Å²) < 4.78 is 0. The number of benzene rings is 2. The SMILES string of the molecule is CC(C)C1C(=O)Nc2ccc(NC3CCN(Cc4ccccc4)C3)cc2C2=NC3CC(C(=O)N(C)C4CCN(C)CC4)CCC3N21. The molecule has 2 aromatic carbocycles. The Bertz CT molecular complexity index is 1450. The number of fused-ring (bicyclic) bond motifs is 5. The third kappa shape index (κ3) is 6.16. The summed E-state index contributed by atoms with van der Waals surface area (Å²) >= 11 is 0. The molecular formula is C37H51N7O2. The minimum Gasteiger partial charge on any atom is -0.381 e. The Kier molecular flexibility index (Phi) is 8.81. The number of hydrogen-bond acceptors (Lipinski definition) is 7. The number of aliphatic imine (C=N–C) groups is 1. The predicted octanol–water partition coefficient (Wildman–Crippen LogP) is 4.50. The van der Waals surface area contributed by atoms with Crippen molar-refractivity contribution in [3.05, 3.63) is 59.7 Å². The second-order valence-corrected chi connectivity index (χ2v) is 14.8. The van der Waals surface area contributed by atoms with Crippen molar-refractivity contribution in [2.24, 2.45) is 16.8 Å². The van der Waals surface area contributed by atoms with E-state index in [-0.39, 0.29) is 41.8 Å². The van der Waals surface area contributed by atoms with Crippen LogP contribution in [0.5, 0.6) is 0 Å². The Morgan fingerprint density at radius 2 is 1.83 bits per heavy atom. The number of piperidine rings is 1. The topological polar surface area (TPSA) is 83.5 Å². The molecule has 4 aliphatic heterocycles. The lowest BCUT2D eigenvalue weighted by Gasteiger charge is -2.42. The first-order valence-corrected chi connectivity index (χ1v) is 17.5. The largest absolute Gasteiger partial charge is 0.381 e. The van der Waals surface area contributed by atoms with E-state index in [4.69, 9.17) is 4.99 Å². The average molecular weight is 626 g/mol. The molecule has 4 heterocycles. The zero-order valence-electron chi connectivity index (χ0n) is 28.0. The van der Waals surface area contributed by atoms with Crippen molar-refractivity contribution in [1.82, 2.24) is 19.6 Å². The van der Waals surface area contributed by atoms with Crippen molar-refractivity contribution in [3.8, 4) is 0 Å². The molecular weight excluding hydrogens is 574 g/mol. The maximum absolute atomic E-state index is 13.8. The molecule has 46 heavy (non-hydrogen) atoms. The van der Waals surface area contributed by atoms with Crippen molar-refractivity contribution >= 4 is 29.0 Å². The molecule has 5 aliphatic rings. The molecule has 9 nitrogen and oxygen atoms in total. The number of hydrogen-bond donors (Lipinski definition) is 2. The Morgan fingerprint density at radius 3 is 2.59 bits per heavy atom. The van der Waals surface area contributed by atoms with Gasteiger partial charge >= 0.3 is 0 Å². The molecule has 5 unspecified atom stereocenters. The van der Waals surface area contributed by atoms with Crippen LogP contribution >= 0.6 is 0 Å². The third-order valence-electron chi connectivity index (χ3n) is 11.2. The molecule has 2 amide bonds. The van der Waals surface area contributed by atoms with E-state index in [2.05, 4.69) is 88.7 Å². The van der Waals surface area contributed by atoms with Gasteiger partial charge in [-0.05, 0) is 88.3 Å². The summed E-state index contributed by atoms with van der Waals surface area (Å²) in [4.78, 5) is 42.1. The number of carbonyl (C=O) groups excluding carboxylic acids is 2. The van der Waals surface area contributed by atoms with E-state index >= 15 is 0 Å². The van der Waals surface area contributed by atoms with Crippen LogP contribution < -0.4 is 10.6 Å². The third-order valence-corrected chi connectivity index (χ3v) is 11.2. The van der Waals surface area contributed by atoms with E-state index in [1.807, 2.05) is 18.0 Å². The van der Waals surface area contributed by atoms with Gasteiger partial charge in [0.15, 0.2) is 0 Å². The highest BCUT2D eigenvalue weighted by Crippen LogP contribution is 2.42. The lowest BCUT2D eigenvalue weighted by atomic mass is 9.80. The maximum Gasteiger partial charge on any atom is 0.247 e. The van der Waals surface area contributed by atoms with Crippen LogP contribution in [0.1, 0.15) is 63.5 Å². The number of amidine groups is 1. The Morgan fingerprint density at radius 1 is 1.04 bits per heavy atom. The van der Waals surface area contributed by atoms with Crippen molar-refractivity contribution in [2.45, 2.75) is 89.1 Å². The van der Waals surface area contributed by atoms with Gasteiger partial charge in [0.05, 0.1) is 17.8 Å². The van der Waals surface area contributed by atoms with Crippen LogP contribution in [0.3, 0.4) is 0 Å². The monoisotopic (exact) mass is 625 g/mol. The summed E-state index contributed by atoms with van der Waals surface area (Å²) in [7, 11) is 4.17. The number of anilines is 2. The van der Waals surface area contributed by atoms with Crippen LogP contribution in [-0.4, -0.2) is 108 Å². The second kappa shape index (κ2) is 13.0. The zero-order chi connectivity index (χ0) is 31.9. The van der Waals surface area contributed by atoms with Gasteiger partial charge in [0.25, 0.3) is 0 Å². The first-order chi connectivity index (χ1) is 22.2. The van der Waals surface area contributed by atoms with Crippen LogP contribution in [-0.2, 0) is 16.1 Å². The summed E-state index contributed by atoms with van der Waals surface area (Å²) in [6.45, 7) is 9.38. The first-order valence-electron chi connectivity index (χ1n) is 17.5. The lowest BCUT2D eigenvalue weighted by Crippen LogP contribution is -2.55. The summed E-state index contributed by atoms with van der Waals surface area (Å²) in [5.74, 6) is 1.34. The van der Waals surface area contributed by atoms with Crippen molar-refractivity contribution in [3.63, 3.8) is 0 Å². The number of nitrogens with zero attached hydrogens (tertiary/aromatic N) is 5. The highest BCUT2D eigenvalue weighted by molar-refractivity contribution is 6.13. The van der Waals surface area contributed by atoms with Crippen molar-refractivity contribution in [2.75, 3.05) is 50.9 Å². The maximum atomic E-state index is 13.8. The van der Waals surface area contributed by atoms with E-state index in [0.717, 1.165) is 94.0 Å².